The smallest absolute Gasteiger partial charge is 0.242 e. The van der Waals surface area contributed by atoms with Gasteiger partial charge in [-0.2, -0.15) is 0 Å². The fourth-order valence-corrected chi connectivity index (χ4v) is 5.41. The summed E-state index contributed by atoms with van der Waals surface area (Å²) >= 11 is 0. The number of anilines is 2. The van der Waals surface area contributed by atoms with E-state index in [2.05, 4.69) is 83.6 Å². The molecule has 3 aromatic carbocycles. The Hall–Kier alpha value is -2.87. The summed E-state index contributed by atoms with van der Waals surface area (Å²) in [5, 5.41) is 3.72. The summed E-state index contributed by atoms with van der Waals surface area (Å²) in [7, 11) is -0.344. The first-order chi connectivity index (χ1) is 16.7. The van der Waals surface area contributed by atoms with Crippen molar-refractivity contribution in [1.82, 2.24) is 9.21 Å². The van der Waals surface area contributed by atoms with Crippen LogP contribution < -0.4 is 10.2 Å². The van der Waals surface area contributed by atoms with Gasteiger partial charge >= 0.3 is 0 Å². The standard InChI is InChI=1S/C28H36N4O2S/c1-28(2,24-14-16-25(17-15-24)35(33,34)30(3)4)29-26-12-8-9-13-27(26)32-20-18-31(19-21-32)22-23-10-6-5-7-11-23/h5-17,29H,18-22H2,1-4H3. The molecule has 1 saturated heterocycles. The number of hydrogen-bond acceptors (Lipinski definition) is 5. The molecule has 1 heterocycles. The van der Waals surface area contributed by atoms with E-state index in [0.717, 1.165) is 44.0 Å². The highest BCUT2D eigenvalue weighted by molar-refractivity contribution is 7.89. The van der Waals surface area contributed by atoms with Gasteiger partial charge in [-0.15, -0.1) is 0 Å². The molecule has 4 rings (SSSR count). The van der Waals surface area contributed by atoms with Crippen molar-refractivity contribution >= 4 is 21.4 Å². The summed E-state index contributed by atoms with van der Waals surface area (Å²) in [4.78, 5) is 5.26. The van der Waals surface area contributed by atoms with E-state index in [4.69, 9.17) is 0 Å². The predicted molar refractivity (Wildman–Crippen MR) is 144 cm³/mol. The molecule has 0 radical (unpaired) electrons. The van der Waals surface area contributed by atoms with Gasteiger partial charge < -0.3 is 10.2 Å². The molecule has 1 aliphatic heterocycles. The molecule has 1 aliphatic rings. The molecule has 3 aromatic rings. The normalized spacial score (nSPS) is 15.4. The Kier molecular flexibility index (Phi) is 7.50. The third-order valence-electron chi connectivity index (χ3n) is 6.67. The fraction of sp³-hybridized carbons (Fsp3) is 0.357. The maximum Gasteiger partial charge on any atom is 0.242 e. The van der Waals surface area contributed by atoms with E-state index < -0.39 is 10.0 Å². The number of nitrogens with one attached hydrogen (secondary N) is 1. The molecular weight excluding hydrogens is 456 g/mol. The van der Waals surface area contributed by atoms with Crippen LogP contribution in [0, 0.1) is 0 Å². The van der Waals surface area contributed by atoms with Gasteiger partial charge in [-0.05, 0) is 49.2 Å². The monoisotopic (exact) mass is 492 g/mol. The molecule has 0 aliphatic carbocycles. The lowest BCUT2D eigenvalue weighted by Crippen LogP contribution is -2.46. The SMILES string of the molecule is CN(C)S(=O)(=O)c1ccc(C(C)(C)Nc2ccccc2N2CCN(Cc3ccccc3)CC2)cc1. The zero-order valence-electron chi connectivity index (χ0n) is 21.1. The fourth-order valence-electron chi connectivity index (χ4n) is 4.51. The lowest BCUT2D eigenvalue weighted by molar-refractivity contribution is 0.250. The first-order valence-electron chi connectivity index (χ1n) is 12.1. The summed E-state index contributed by atoms with van der Waals surface area (Å²) in [6.45, 7) is 9.23. The minimum atomic E-state index is -3.44. The van der Waals surface area contributed by atoms with E-state index in [9.17, 15) is 8.42 Å². The van der Waals surface area contributed by atoms with Gasteiger partial charge in [-0.3, -0.25) is 4.90 Å². The summed E-state index contributed by atoms with van der Waals surface area (Å²) < 4.78 is 26.1. The van der Waals surface area contributed by atoms with Gasteiger partial charge in [-0.1, -0.05) is 54.6 Å². The van der Waals surface area contributed by atoms with Crippen LogP contribution in [0.15, 0.2) is 83.8 Å². The molecule has 6 nitrogen and oxygen atoms in total. The van der Waals surface area contributed by atoms with Crippen LogP contribution in [0.2, 0.25) is 0 Å². The maximum atomic E-state index is 12.4. The number of nitrogens with zero attached hydrogens (tertiary/aromatic N) is 3. The van der Waals surface area contributed by atoms with Gasteiger partial charge in [0.25, 0.3) is 0 Å². The maximum absolute atomic E-state index is 12.4. The Morgan fingerprint density at radius 3 is 2.06 bits per heavy atom. The Morgan fingerprint density at radius 1 is 0.829 bits per heavy atom. The Labute approximate surface area is 210 Å². The van der Waals surface area contributed by atoms with E-state index in [1.54, 1.807) is 26.2 Å². The number of rotatable bonds is 8. The van der Waals surface area contributed by atoms with E-state index in [1.165, 1.54) is 15.6 Å². The minimum Gasteiger partial charge on any atom is -0.374 e. The lowest BCUT2D eigenvalue weighted by atomic mass is 9.93. The highest BCUT2D eigenvalue weighted by Crippen LogP contribution is 2.33. The molecule has 0 amide bonds. The van der Waals surface area contributed by atoms with Crippen LogP contribution >= 0.6 is 0 Å². The van der Waals surface area contributed by atoms with Crippen molar-refractivity contribution in [2.75, 3.05) is 50.5 Å². The van der Waals surface area contributed by atoms with Crippen LogP contribution in [0.5, 0.6) is 0 Å². The van der Waals surface area contributed by atoms with Crippen LogP contribution in [0.25, 0.3) is 0 Å². The van der Waals surface area contributed by atoms with Crippen molar-refractivity contribution in [3.05, 3.63) is 90.0 Å². The number of para-hydroxylation sites is 2. The van der Waals surface area contributed by atoms with Gasteiger partial charge in [0.2, 0.25) is 10.0 Å². The lowest BCUT2D eigenvalue weighted by Gasteiger charge is -2.38. The quantitative estimate of drug-likeness (QED) is 0.498. The Bertz CT molecular complexity index is 1220. The van der Waals surface area contributed by atoms with Crippen LogP contribution in [0.4, 0.5) is 11.4 Å². The molecule has 0 aromatic heterocycles. The number of piperazine rings is 1. The van der Waals surface area contributed by atoms with Crippen molar-refractivity contribution in [3.8, 4) is 0 Å². The first-order valence-corrected chi connectivity index (χ1v) is 13.5. The van der Waals surface area contributed by atoms with Gasteiger partial charge in [0, 0.05) is 46.8 Å². The molecule has 1 fully saturated rings. The van der Waals surface area contributed by atoms with Gasteiger partial charge in [0.05, 0.1) is 21.8 Å². The van der Waals surface area contributed by atoms with Gasteiger partial charge in [-0.25, -0.2) is 12.7 Å². The van der Waals surface area contributed by atoms with Gasteiger partial charge in [0.15, 0.2) is 0 Å². The molecule has 0 spiro atoms. The summed E-state index contributed by atoms with van der Waals surface area (Å²) in [5.74, 6) is 0. The second kappa shape index (κ2) is 10.4. The Balaban J connectivity index is 1.45. The predicted octanol–water partition coefficient (Wildman–Crippen LogP) is 4.61. The molecule has 1 N–H and O–H groups in total. The summed E-state index contributed by atoms with van der Waals surface area (Å²) in [5.41, 5.74) is 4.28. The van der Waals surface area contributed by atoms with E-state index >= 15 is 0 Å². The summed E-state index contributed by atoms with van der Waals surface area (Å²) in [6.07, 6.45) is 0. The molecule has 0 saturated carbocycles. The zero-order chi connectivity index (χ0) is 25.1. The average molecular weight is 493 g/mol. The topological polar surface area (TPSA) is 55.9 Å². The minimum absolute atomic E-state index is 0.302. The molecular formula is C28H36N4O2S. The first kappa shape index (κ1) is 25.2. The molecule has 0 unspecified atom stereocenters. The van der Waals surface area contributed by atoms with Crippen LogP contribution in [0.3, 0.4) is 0 Å². The molecule has 7 heteroatoms. The molecule has 0 atom stereocenters. The largest absolute Gasteiger partial charge is 0.374 e. The van der Waals surface area contributed by atoms with Crippen molar-refractivity contribution < 1.29 is 8.42 Å². The number of sulfonamides is 1. The van der Waals surface area contributed by atoms with Crippen molar-refractivity contribution in [2.45, 2.75) is 30.8 Å². The highest BCUT2D eigenvalue weighted by atomic mass is 32.2. The number of benzene rings is 3. The van der Waals surface area contributed by atoms with Crippen molar-refractivity contribution in [2.24, 2.45) is 0 Å². The van der Waals surface area contributed by atoms with E-state index in [0.29, 0.717) is 4.90 Å². The highest BCUT2D eigenvalue weighted by Gasteiger charge is 2.25. The second-order valence-electron chi connectivity index (χ2n) is 9.83. The molecule has 186 valence electrons. The molecule has 0 bridgehead atoms. The molecule has 35 heavy (non-hydrogen) atoms. The average Bonchev–Trinajstić information content (AvgIpc) is 2.85. The Morgan fingerprint density at radius 2 is 1.43 bits per heavy atom. The third-order valence-corrected chi connectivity index (χ3v) is 8.50. The van der Waals surface area contributed by atoms with Gasteiger partial charge in [0.1, 0.15) is 0 Å². The summed E-state index contributed by atoms with van der Waals surface area (Å²) in [6, 6.07) is 26.3. The van der Waals surface area contributed by atoms with Crippen LogP contribution in [-0.2, 0) is 22.1 Å². The van der Waals surface area contributed by atoms with E-state index in [-0.39, 0.29) is 5.54 Å². The second-order valence-corrected chi connectivity index (χ2v) is 12.0. The zero-order valence-corrected chi connectivity index (χ0v) is 21.9. The van der Waals surface area contributed by atoms with Crippen molar-refractivity contribution in [1.29, 1.82) is 0 Å². The van der Waals surface area contributed by atoms with Crippen LogP contribution in [-0.4, -0.2) is 57.9 Å². The number of hydrogen-bond donors (Lipinski definition) is 1. The van der Waals surface area contributed by atoms with Crippen LogP contribution in [0.1, 0.15) is 25.0 Å². The van der Waals surface area contributed by atoms with Crippen molar-refractivity contribution in [3.63, 3.8) is 0 Å². The van der Waals surface area contributed by atoms with E-state index in [1.807, 2.05) is 12.1 Å². The third kappa shape index (κ3) is 5.86.